The van der Waals surface area contributed by atoms with Crippen molar-refractivity contribution in [3.8, 4) is 0 Å². The number of benzene rings is 2. The first kappa shape index (κ1) is 16.0. The van der Waals surface area contributed by atoms with Gasteiger partial charge < -0.3 is 5.73 Å². The van der Waals surface area contributed by atoms with E-state index >= 15 is 0 Å². The maximum absolute atomic E-state index is 5.74. The third-order valence-electron chi connectivity index (χ3n) is 4.66. The Kier molecular flexibility index (Phi) is 4.94. The number of allylic oxidation sites excluding steroid dienone is 4. The Labute approximate surface area is 142 Å². The lowest BCUT2D eigenvalue weighted by Crippen LogP contribution is -1.96. The molecule has 2 aromatic rings. The molecule has 0 saturated carbocycles. The van der Waals surface area contributed by atoms with Gasteiger partial charge in [-0.2, -0.15) is 0 Å². The molecule has 0 fully saturated rings. The molecule has 3 rings (SSSR count). The summed E-state index contributed by atoms with van der Waals surface area (Å²) in [5.74, 6) is 0. The van der Waals surface area contributed by atoms with Crippen LogP contribution in [-0.2, 0) is 6.54 Å². The molecule has 2 aromatic carbocycles. The van der Waals surface area contributed by atoms with E-state index in [0.717, 1.165) is 16.7 Å². The number of hydrogen-bond acceptors (Lipinski definition) is 1. The first-order chi connectivity index (χ1) is 11.2. The van der Waals surface area contributed by atoms with Gasteiger partial charge in [-0.05, 0) is 46.3 Å². The van der Waals surface area contributed by atoms with Gasteiger partial charge in [0, 0.05) is 16.8 Å². The second-order valence-electron chi connectivity index (χ2n) is 6.31. The molecule has 1 nitrogen and oxygen atoms in total. The van der Waals surface area contributed by atoms with Gasteiger partial charge in [0.1, 0.15) is 0 Å². The number of rotatable bonds is 5. The Balaban J connectivity index is 2.12. The smallest absolute Gasteiger partial charge is 0.0341 e. The van der Waals surface area contributed by atoms with E-state index < -0.39 is 0 Å². The zero-order valence-electron chi connectivity index (χ0n) is 14.1. The van der Waals surface area contributed by atoms with Gasteiger partial charge in [-0.15, -0.1) is 0 Å². The number of nitrogens with two attached hydrogens (primary N) is 1. The zero-order chi connectivity index (χ0) is 16.2. The molecule has 0 bridgehead atoms. The minimum absolute atomic E-state index is 0.607. The molecule has 2 heteroatoms. The molecular weight excluding hydrogens is 294 g/mol. The van der Waals surface area contributed by atoms with Crippen molar-refractivity contribution in [3.05, 3.63) is 82.1 Å². The van der Waals surface area contributed by atoms with Crippen molar-refractivity contribution in [1.29, 1.82) is 0 Å². The van der Waals surface area contributed by atoms with E-state index in [2.05, 4.69) is 61.5 Å². The van der Waals surface area contributed by atoms with Crippen LogP contribution < -0.4 is 5.73 Å². The molecule has 0 unspecified atom stereocenters. The predicted molar refractivity (Wildman–Crippen MR) is 104 cm³/mol. The van der Waals surface area contributed by atoms with Gasteiger partial charge >= 0.3 is 0 Å². The summed E-state index contributed by atoms with van der Waals surface area (Å²) in [5, 5.41) is 1.66. The second kappa shape index (κ2) is 7.11. The zero-order valence-corrected chi connectivity index (χ0v) is 16.1. The molecule has 2 N–H and O–H groups in total. The molecule has 23 heavy (non-hydrogen) atoms. The summed E-state index contributed by atoms with van der Waals surface area (Å²) in [6.45, 7) is 2.88. The Bertz CT molecular complexity index is 739. The van der Waals surface area contributed by atoms with E-state index in [9.17, 15) is 0 Å². The van der Waals surface area contributed by atoms with Crippen molar-refractivity contribution in [2.45, 2.75) is 32.7 Å². The van der Waals surface area contributed by atoms with Crippen LogP contribution >= 0.6 is 0 Å². The fourth-order valence-corrected chi connectivity index (χ4v) is 4.34. The van der Waals surface area contributed by atoms with E-state index in [4.69, 9.17) is 5.73 Å². The molecule has 0 saturated heterocycles. The van der Waals surface area contributed by atoms with Gasteiger partial charge in [-0.25, -0.2) is 0 Å². The van der Waals surface area contributed by atoms with Gasteiger partial charge in [0.05, 0.1) is 0 Å². The van der Waals surface area contributed by atoms with Crippen molar-refractivity contribution in [2.75, 3.05) is 0 Å². The van der Waals surface area contributed by atoms with Gasteiger partial charge in [0.2, 0.25) is 0 Å². The fraction of sp³-hybridized carbons (Fsp3) is 0.238. The summed E-state index contributed by atoms with van der Waals surface area (Å²) in [7, 11) is 1.15. The van der Waals surface area contributed by atoms with Gasteiger partial charge in [0.25, 0.3) is 0 Å². The molecule has 0 aliphatic heterocycles. The number of hydrogen-bond donors (Lipinski definition) is 1. The lowest BCUT2D eigenvalue weighted by molar-refractivity contribution is 0.928. The van der Waals surface area contributed by atoms with Crippen molar-refractivity contribution < 1.29 is 0 Å². The van der Waals surface area contributed by atoms with E-state index in [-0.39, 0.29) is 0 Å². The molecule has 0 aromatic heterocycles. The first-order valence-corrected chi connectivity index (χ1v) is 9.51. The SMILES string of the molecule is CCCC1=C([SiH3])CC(c2ccc(CN)cc2)=C1c1ccccc1. The highest BCUT2D eigenvalue weighted by molar-refractivity contribution is 6.27. The quantitative estimate of drug-likeness (QED) is 0.832. The maximum atomic E-state index is 5.74. The third kappa shape index (κ3) is 3.24. The monoisotopic (exact) mass is 319 g/mol. The van der Waals surface area contributed by atoms with Gasteiger partial charge in [-0.3, -0.25) is 0 Å². The summed E-state index contributed by atoms with van der Waals surface area (Å²) in [6, 6.07) is 19.7. The summed E-state index contributed by atoms with van der Waals surface area (Å²) in [6.07, 6.45) is 3.51. The van der Waals surface area contributed by atoms with E-state index in [0.29, 0.717) is 6.54 Å². The molecule has 0 amide bonds. The van der Waals surface area contributed by atoms with Crippen molar-refractivity contribution in [2.24, 2.45) is 5.73 Å². The summed E-state index contributed by atoms with van der Waals surface area (Å²) < 4.78 is 0. The topological polar surface area (TPSA) is 26.0 Å². The Morgan fingerprint density at radius 3 is 2.26 bits per heavy atom. The van der Waals surface area contributed by atoms with E-state index in [1.807, 2.05) is 0 Å². The predicted octanol–water partition coefficient (Wildman–Crippen LogP) is 3.88. The normalized spacial score (nSPS) is 14.9. The molecule has 1 aliphatic carbocycles. The average Bonchev–Trinajstić information content (AvgIpc) is 2.93. The molecule has 0 radical (unpaired) electrons. The lowest BCUT2D eigenvalue weighted by Gasteiger charge is -2.13. The van der Waals surface area contributed by atoms with Crippen LogP contribution in [0.15, 0.2) is 65.4 Å². The van der Waals surface area contributed by atoms with Crippen LogP contribution in [0.3, 0.4) is 0 Å². The Hall–Kier alpha value is -1.90. The van der Waals surface area contributed by atoms with Crippen LogP contribution in [0.25, 0.3) is 11.1 Å². The molecule has 0 atom stereocenters. The molecular formula is C21H25NSi. The molecule has 0 spiro atoms. The van der Waals surface area contributed by atoms with Crippen LogP contribution in [0.1, 0.15) is 42.9 Å². The van der Waals surface area contributed by atoms with Crippen LogP contribution in [-0.4, -0.2) is 10.2 Å². The van der Waals surface area contributed by atoms with Crippen molar-refractivity contribution in [3.63, 3.8) is 0 Å². The highest BCUT2D eigenvalue weighted by atomic mass is 28.1. The first-order valence-electron chi connectivity index (χ1n) is 8.51. The van der Waals surface area contributed by atoms with E-state index in [1.54, 1.807) is 10.8 Å². The van der Waals surface area contributed by atoms with Crippen molar-refractivity contribution in [1.82, 2.24) is 0 Å². The lowest BCUT2D eigenvalue weighted by atomic mass is 9.91. The van der Waals surface area contributed by atoms with E-state index in [1.165, 1.54) is 40.7 Å². The Morgan fingerprint density at radius 1 is 0.957 bits per heavy atom. The summed E-state index contributed by atoms with van der Waals surface area (Å²) >= 11 is 0. The fourth-order valence-electron chi connectivity index (χ4n) is 3.49. The molecule has 118 valence electrons. The summed E-state index contributed by atoms with van der Waals surface area (Å²) in [4.78, 5) is 0. The largest absolute Gasteiger partial charge is 0.326 e. The van der Waals surface area contributed by atoms with Crippen LogP contribution in [0.4, 0.5) is 0 Å². The minimum Gasteiger partial charge on any atom is -0.326 e. The van der Waals surface area contributed by atoms with Gasteiger partial charge in [0.15, 0.2) is 0 Å². The molecule has 1 aliphatic rings. The molecule has 0 heterocycles. The summed E-state index contributed by atoms with van der Waals surface area (Å²) in [5.41, 5.74) is 14.2. The average molecular weight is 320 g/mol. The van der Waals surface area contributed by atoms with Crippen LogP contribution in [0, 0.1) is 0 Å². The highest BCUT2D eigenvalue weighted by Crippen LogP contribution is 2.44. The second-order valence-corrected chi connectivity index (χ2v) is 7.51. The van der Waals surface area contributed by atoms with Crippen LogP contribution in [0.2, 0.25) is 0 Å². The van der Waals surface area contributed by atoms with Crippen LogP contribution in [0.5, 0.6) is 0 Å². The highest BCUT2D eigenvalue weighted by Gasteiger charge is 2.23. The third-order valence-corrected chi connectivity index (χ3v) is 5.62. The van der Waals surface area contributed by atoms with Gasteiger partial charge in [-0.1, -0.05) is 73.1 Å². The minimum atomic E-state index is 0.607. The van der Waals surface area contributed by atoms with Crippen molar-refractivity contribution >= 4 is 21.4 Å². The standard InChI is InChI=1S/C21H25NSi/c1-2-6-18-20(23)13-19(16-11-9-15(14-22)10-12-16)21(18)17-7-4-3-5-8-17/h3-5,7-12H,2,6,13-14,22H2,1,23H3. The maximum Gasteiger partial charge on any atom is 0.0341 e. The Morgan fingerprint density at radius 2 is 1.65 bits per heavy atom.